The van der Waals surface area contributed by atoms with Crippen molar-refractivity contribution >= 4 is 5.82 Å². The first-order chi connectivity index (χ1) is 8.04. The van der Waals surface area contributed by atoms with E-state index in [0.29, 0.717) is 0 Å². The number of aliphatic hydroxyl groups excluding tert-OH is 3. The molecule has 8 nitrogen and oxygen atoms in total. The predicted octanol–water partition coefficient (Wildman–Crippen LogP) is -2.56. The third-order valence-corrected chi connectivity index (χ3v) is 2.64. The van der Waals surface area contributed by atoms with E-state index < -0.39 is 36.8 Å². The first-order valence-electron chi connectivity index (χ1n) is 5.01. The van der Waals surface area contributed by atoms with Crippen molar-refractivity contribution in [3.8, 4) is 0 Å². The summed E-state index contributed by atoms with van der Waals surface area (Å²) >= 11 is 0. The lowest BCUT2D eigenvalue weighted by Crippen LogP contribution is -2.36. The number of ether oxygens (including phenoxy) is 1. The van der Waals surface area contributed by atoms with E-state index >= 15 is 0 Å². The number of nitrogens with zero attached hydrogens (tertiary/aromatic N) is 2. The highest BCUT2D eigenvalue weighted by molar-refractivity contribution is 5.23. The molecule has 0 aromatic carbocycles. The third kappa shape index (κ3) is 2.03. The highest BCUT2D eigenvalue weighted by Gasteiger charge is 2.43. The molecule has 0 spiro atoms. The molecular formula is C9H13N3O5. The molecule has 8 heteroatoms. The Bertz CT molecular complexity index is 462. The molecule has 4 atom stereocenters. The first-order valence-corrected chi connectivity index (χ1v) is 5.01. The summed E-state index contributed by atoms with van der Waals surface area (Å²) in [6.45, 7) is -0.453. The van der Waals surface area contributed by atoms with Crippen LogP contribution in [-0.4, -0.2) is 49.8 Å². The minimum Gasteiger partial charge on any atom is -0.394 e. The average Bonchev–Trinajstić information content (AvgIpc) is 2.57. The normalized spacial score (nSPS) is 32.9. The highest BCUT2D eigenvalue weighted by Crippen LogP contribution is 2.27. The maximum atomic E-state index is 11.5. The van der Waals surface area contributed by atoms with Crippen molar-refractivity contribution in [1.82, 2.24) is 9.55 Å². The Kier molecular flexibility index (Phi) is 3.11. The van der Waals surface area contributed by atoms with Crippen molar-refractivity contribution < 1.29 is 20.1 Å². The fourth-order valence-electron chi connectivity index (χ4n) is 1.73. The third-order valence-electron chi connectivity index (χ3n) is 2.64. The lowest BCUT2D eigenvalue weighted by atomic mass is 10.1. The molecule has 5 N–H and O–H groups in total. The molecule has 0 amide bonds. The maximum absolute atomic E-state index is 11.5. The van der Waals surface area contributed by atoms with Crippen LogP contribution in [0, 0.1) is 0 Å². The van der Waals surface area contributed by atoms with E-state index in [9.17, 15) is 15.0 Å². The second-order valence-corrected chi connectivity index (χ2v) is 3.77. The van der Waals surface area contributed by atoms with Gasteiger partial charge in [0.1, 0.15) is 24.1 Å². The topological polar surface area (TPSA) is 131 Å². The van der Waals surface area contributed by atoms with E-state index in [1.807, 2.05) is 0 Å². The average molecular weight is 243 g/mol. The van der Waals surface area contributed by atoms with E-state index in [4.69, 9.17) is 15.6 Å². The maximum Gasteiger partial charge on any atom is 0.351 e. The molecule has 1 aromatic heterocycles. The number of rotatable bonds is 2. The van der Waals surface area contributed by atoms with Gasteiger partial charge in [0.25, 0.3) is 0 Å². The minimum absolute atomic E-state index is 0.0537. The van der Waals surface area contributed by atoms with E-state index in [1.165, 1.54) is 12.3 Å². The fraction of sp³-hybridized carbons (Fsp3) is 0.556. The van der Waals surface area contributed by atoms with Crippen LogP contribution < -0.4 is 11.4 Å². The molecule has 0 radical (unpaired) electrons. The van der Waals surface area contributed by atoms with Gasteiger partial charge in [-0.25, -0.2) is 4.79 Å². The van der Waals surface area contributed by atoms with Crippen LogP contribution in [0.3, 0.4) is 0 Å². The van der Waals surface area contributed by atoms with Gasteiger partial charge in [-0.05, 0) is 6.07 Å². The first kappa shape index (κ1) is 12.0. The molecule has 0 aliphatic carbocycles. The number of anilines is 1. The van der Waals surface area contributed by atoms with Crippen molar-refractivity contribution in [3.63, 3.8) is 0 Å². The Hall–Kier alpha value is -1.48. The smallest absolute Gasteiger partial charge is 0.351 e. The van der Waals surface area contributed by atoms with Crippen LogP contribution in [0.15, 0.2) is 17.1 Å². The molecule has 1 fully saturated rings. The van der Waals surface area contributed by atoms with Gasteiger partial charge in [0, 0.05) is 6.20 Å². The predicted molar refractivity (Wildman–Crippen MR) is 55.9 cm³/mol. The van der Waals surface area contributed by atoms with Crippen molar-refractivity contribution in [2.45, 2.75) is 24.5 Å². The molecule has 1 aliphatic heterocycles. The minimum atomic E-state index is -1.31. The number of aliphatic hydroxyl groups is 3. The van der Waals surface area contributed by atoms with Crippen LogP contribution >= 0.6 is 0 Å². The monoisotopic (exact) mass is 243 g/mol. The quantitative estimate of drug-likeness (QED) is 0.449. The van der Waals surface area contributed by atoms with Crippen molar-refractivity contribution in [3.05, 3.63) is 22.7 Å². The summed E-state index contributed by atoms with van der Waals surface area (Å²) in [6, 6.07) is 1.37. The number of hydrogen-bond acceptors (Lipinski definition) is 7. The zero-order chi connectivity index (χ0) is 12.6. The van der Waals surface area contributed by atoms with Crippen molar-refractivity contribution in [1.29, 1.82) is 0 Å². The van der Waals surface area contributed by atoms with Crippen molar-refractivity contribution in [2.75, 3.05) is 12.3 Å². The second-order valence-electron chi connectivity index (χ2n) is 3.77. The number of nitrogen functional groups attached to an aromatic ring is 1. The van der Waals surface area contributed by atoms with Gasteiger partial charge < -0.3 is 25.8 Å². The molecule has 94 valence electrons. The van der Waals surface area contributed by atoms with Crippen LogP contribution in [0.5, 0.6) is 0 Å². The van der Waals surface area contributed by atoms with Gasteiger partial charge in [-0.15, -0.1) is 0 Å². The number of nitrogens with two attached hydrogens (primary N) is 1. The van der Waals surface area contributed by atoms with Crippen LogP contribution in [0.4, 0.5) is 5.82 Å². The fourth-order valence-corrected chi connectivity index (χ4v) is 1.73. The van der Waals surface area contributed by atoms with E-state index in [0.717, 1.165) is 4.57 Å². The zero-order valence-corrected chi connectivity index (χ0v) is 8.80. The second kappa shape index (κ2) is 4.41. The van der Waals surface area contributed by atoms with Crippen LogP contribution in [0.1, 0.15) is 6.23 Å². The molecule has 17 heavy (non-hydrogen) atoms. The molecule has 3 unspecified atom stereocenters. The Labute approximate surface area is 95.9 Å². The molecule has 1 aromatic rings. The van der Waals surface area contributed by atoms with Crippen molar-refractivity contribution in [2.24, 2.45) is 0 Å². The van der Waals surface area contributed by atoms with Gasteiger partial charge in [0.05, 0.1) is 6.61 Å². The Balaban J connectivity index is 2.32. The lowest BCUT2D eigenvalue weighted by molar-refractivity contribution is -0.0549. The Morgan fingerprint density at radius 1 is 1.47 bits per heavy atom. The van der Waals surface area contributed by atoms with E-state index in [-0.39, 0.29) is 5.82 Å². The summed E-state index contributed by atoms with van der Waals surface area (Å²) in [5.41, 5.74) is 4.63. The number of hydrogen-bond donors (Lipinski definition) is 4. The van der Waals surface area contributed by atoms with E-state index in [1.54, 1.807) is 0 Å². The van der Waals surface area contributed by atoms with Gasteiger partial charge >= 0.3 is 5.69 Å². The largest absolute Gasteiger partial charge is 0.394 e. The van der Waals surface area contributed by atoms with Gasteiger partial charge in [0.2, 0.25) is 0 Å². The molecule has 2 heterocycles. The lowest BCUT2D eigenvalue weighted by Gasteiger charge is -2.16. The highest BCUT2D eigenvalue weighted by atomic mass is 16.6. The van der Waals surface area contributed by atoms with E-state index in [2.05, 4.69) is 4.98 Å². The summed E-state index contributed by atoms with van der Waals surface area (Å²) in [5, 5.41) is 28.2. The Morgan fingerprint density at radius 3 is 2.71 bits per heavy atom. The molecule has 0 bridgehead atoms. The SMILES string of the molecule is Nc1ccn(C2OC(CO)[C@@H](O)C2O)c(=O)n1. The molecule has 0 saturated carbocycles. The molecule has 1 aliphatic rings. The molecule has 2 rings (SSSR count). The van der Waals surface area contributed by atoms with Gasteiger partial charge in [-0.2, -0.15) is 4.98 Å². The Morgan fingerprint density at radius 2 is 2.18 bits per heavy atom. The molecular weight excluding hydrogens is 230 g/mol. The molecule has 1 saturated heterocycles. The van der Waals surface area contributed by atoms with Crippen LogP contribution in [-0.2, 0) is 4.74 Å². The zero-order valence-electron chi connectivity index (χ0n) is 8.80. The summed E-state index contributed by atoms with van der Waals surface area (Å²) in [4.78, 5) is 15.0. The summed E-state index contributed by atoms with van der Waals surface area (Å²) < 4.78 is 6.19. The summed E-state index contributed by atoms with van der Waals surface area (Å²) in [6.07, 6.45) is -3.27. The number of aromatic nitrogens is 2. The summed E-state index contributed by atoms with van der Waals surface area (Å²) in [7, 11) is 0. The van der Waals surface area contributed by atoms with Crippen LogP contribution in [0.2, 0.25) is 0 Å². The van der Waals surface area contributed by atoms with Gasteiger partial charge in [-0.1, -0.05) is 0 Å². The van der Waals surface area contributed by atoms with Gasteiger partial charge in [-0.3, -0.25) is 4.57 Å². The van der Waals surface area contributed by atoms with Gasteiger partial charge in [0.15, 0.2) is 6.23 Å². The van der Waals surface area contributed by atoms with Crippen LogP contribution in [0.25, 0.3) is 0 Å². The summed E-state index contributed by atoms with van der Waals surface area (Å²) in [5.74, 6) is 0.0537. The standard InChI is InChI=1S/C9H13N3O5/c10-5-1-2-12(9(16)11-5)8-7(15)6(14)4(3-13)17-8/h1-2,4,6-8,13-15H,3H2,(H2,10,11,16)/t4?,6-,7?,8?/m1/s1.